The summed E-state index contributed by atoms with van der Waals surface area (Å²) >= 11 is 0. The fraction of sp³-hybridized carbons (Fsp3) is 0.409. The number of aromatic nitrogens is 2. The van der Waals surface area contributed by atoms with E-state index in [4.69, 9.17) is 14.2 Å². The first-order valence-corrected chi connectivity index (χ1v) is 10.2. The summed E-state index contributed by atoms with van der Waals surface area (Å²) in [5.74, 6) is -0.0346. The van der Waals surface area contributed by atoms with Gasteiger partial charge in [-0.3, -0.25) is 9.88 Å². The molecule has 2 heterocycles. The fourth-order valence-electron chi connectivity index (χ4n) is 3.20. The van der Waals surface area contributed by atoms with Crippen LogP contribution in [0.2, 0.25) is 0 Å². The average Bonchev–Trinajstić information content (AvgIpc) is 3.04. The Bertz CT molecular complexity index is 979. The van der Waals surface area contributed by atoms with Crippen molar-refractivity contribution >= 4 is 18.0 Å². The van der Waals surface area contributed by atoms with Crippen LogP contribution in [0.3, 0.4) is 0 Å². The van der Waals surface area contributed by atoms with E-state index < -0.39 is 36.3 Å². The van der Waals surface area contributed by atoms with Gasteiger partial charge in [0.25, 0.3) is 0 Å². The summed E-state index contributed by atoms with van der Waals surface area (Å²) < 4.78 is 17.1. The fourth-order valence-corrected chi connectivity index (χ4v) is 3.20. The number of aliphatic hydroxyl groups excluding tert-OH is 2. The number of nitrogens with zero attached hydrogens (tertiary/aromatic N) is 2. The lowest BCUT2D eigenvalue weighted by molar-refractivity contribution is -0.0350. The molecule has 2 aromatic rings. The van der Waals surface area contributed by atoms with Gasteiger partial charge in [0, 0.05) is 18.2 Å². The molecule has 10 nitrogen and oxygen atoms in total. The molecule has 0 saturated carbocycles. The molecule has 1 aromatic carbocycles. The molecule has 1 amide bonds. The van der Waals surface area contributed by atoms with Gasteiger partial charge in [-0.1, -0.05) is 43.0 Å². The van der Waals surface area contributed by atoms with E-state index in [0.29, 0.717) is 25.2 Å². The lowest BCUT2D eigenvalue weighted by Gasteiger charge is -2.18. The third-order valence-electron chi connectivity index (χ3n) is 4.95. The molecule has 0 aliphatic carbocycles. The highest BCUT2D eigenvalue weighted by Gasteiger charge is 2.42. The van der Waals surface area contributed by atoms with E-state index in [1.165, 1.54) is 12.3 Å². The van der Waals surface area contributed by atoms with E-state index in [0.717, 1.165) is 10.1 Å². The van der Waals surface area contributed by atoms with Gasteiger partial charge in [0.1, 0.15) is 18.0 Å². The molecular weight excluding hydrogens is 418 g/mol. The first-order chi connectivity index (χ1) is 15.4. The number of carbonyl (C=O) groups is 1. The molecule has 0 unspecified atom stereocenters. The van der Waals surface area contributed by atoms with E-state index in [1.54, 1.807) is 6.92 Å². The van der Waals surface area contributed by atoms with Crippen molar-refractivity contribution in [2.24, 2.45) is 0 Å². The number of ether oxygens (including phenoxy) is 3. The summed E-state index contributed by atoms with van der Waals surface area (Å²) in [6, 6.07) is 9.72. The van der Waals surface area contributed by atoms with Gasteiger partial charge in [-0.2, -0.15) is 4.98 Å². The quantitative estimate of drug-likeness (QED) is 0.497. The van der Waals surface area contributed by atoms with Crippen LogP contribution in [-0.2, 0) is 20.8 Å². The molecule has 1 fully saturated rings. The van der Waals surface area contributed by atoms with Crippen LogP contribution in [0, 0.1) is 0 Å². The Hall–Kier alpha value is -3.05. The molecule has 3 rings (SSSR count). The largest absolute Gasteiger partial charge is 0.449 e. The lowest BCUT2D eigenvalue weighted by Crippen LogP contribution is -2.36. The van der Waals surface area contributed by atoms with Crippen molar-refractivity contribution in [2.45, 2.75) is 44.5 Å². The second kappa shape index (κ2) is 11.0. The van der Waals surface area contributed by atoms with Crippen LogP contribution in [0.15, 0.2) is 47.9 Å². The van der Waals surface area contributed by atoms with Crippen LogP contribution in [0.4, 0.5) is 10.6 Å². The second-order valence-corrected chi connectivity index (χ2v) is 7.30. The Morgan fingerprint density at radius 2 is 2.03 bits per heavy atom. The average molecular weight is 445 g/mol. The summed E-state index contributed by atoms with van der Waals surface area (Å²) in [6.45, 7) is 6.25. The Morgan fingerprint density at radius 3 is 2.69 bits per heavy atom. The Morgan fingerprint density at radius 1 is 1.28 bits per heavy atom. The number of hydrogen-bond acceptors (Lipinski definition) is 8. The topological polar surface area (TPSA) is 132 Å². The van der Waals surface area contributed by atoms with Gasteiger partial charge < -0.3 is 24.4 Å². The minimum absolute atomic E-state index is 0.0346. The van der Waals surface area contributed by atoms with Crippen molar-refractivity contribution in [2.75, 3.05) is 18.5 Å². The van der Waals surface area contributed by atoms with Crippen molar-refractivity contribution < 1.29 is 29.2 Å². The SMILES string of the molecule is C=Cc1cn([C@@H]2O[C@H](C)[C@@H](O)[C@H]2O)c(=O)nc1NC(=O)OCCCOCc1ccccc1. The number of benzene rings is 1. The van der Waals surface area contributed by atoms with E-state index >= 15 is 0 Å². The third-order valence-corrected chi connectivity index (χ3v) is 4.95. The maximum Gasteiger partial charge on any atom is 0.412 e. The van der Waals surface area contributed by atoms with Gasteiger partial charge in [-0.05, 0) is 12.5 Å². The number of rotatable bonds is 9. The van der Waals surface area contributed by atoms with Gasteiger partial charge in [0.15, 0.2) is 6.23 Å². The zero-order chi connectivity index (χ0) is 23.1. The highest BCUT2D eigenvalue weighted by molar-refractivity contribution is 5.85. The number of amides is 1. The van der Waals surface area contributed by atoms with Crippen molar-refractivity contribution in [1.82, 2.24) is 9.55 Å². The molecule has 0 bridgehead atoms. The van der Waals surface area contributed by atoms with Crippen LogP contribution < -0.4 is 11.0 Å². The predicted octanol–water partition coefficient (Wildman–Crippen LogP) is 1.68. The van der Waals surface area contributed by atoms with E-state index in [2.05, 4.69) is 16.9 Å². The predicted molar refractivity (Wildman–Crippen MR) is 116 cm³/mol. The van der Waals surface area contributed by atoms with Gasteiger partial charge >= 0.3 is 11.8 Å². The molecule has 32 heavy (non-hydrogen) atoms. The van der Waals surface area contributed by atoms with Crippen molar-refractivity contribution in [3.63, 3.8) is 0 Å². The van der Waals surface area contributed by atoms with Crippen molar-refractivity contribution in [1.29, 1.82) is 0 Å². The molecule has 0 spiro atoms. The zero-order valence-corrected chi connectivity index (χ0v) is 17.7. The molecular formula is C22H27N3O7. The second-order valence-electron chi connectivity index (χ2n) is 7.30. The van der Waals surface area contributed by atoms with Crippen molar-refractivity contribution in [3.05, 3.63) is 64.7 Å². The Balaban J connectivity index is 1.50. The van der Waals surface area contributed by atoms with Crippen molar-refractivity contribution in [3.8, 4) is 0 Å². The molecule has 1 saturated heterocycles. The standard InChI is InChI=1S/C22H27N3O7/c1-3-16-12-25(20-18(27)17(26)14(2)32-20)21(28)23-19(16)24-22(29)31-11-7-10-30-13-15-8-5-4-6-9-15/h3-6,8-9,12,14,17-18,20,26-27H,1,7,10-11,13H2,2H3,(H,23,24,28,29)/t14-,17-,18-,20-/m1/s1. The van der Waals surface area contributed by atoms with Crippen LogP contribution in [-0.4, -0.2) is 57.4 Å². The minimum Gasteiger partial charge on any atom is -0.449 e. The highest BCUT2D eigenvalue weighted by atomic mass is 16.6. The molecule has 3 N–H and O–H groups in total. The summed E-state index contributed by atoms with van der Waals surface area (Å²) in [6.07, 6.45) is -1.73. The summed E-state index contributed by atoms with van der Waals surface area (Å²) in [5, 5.41) is 22.4. The zero-order valence-electron chi connectivity index (χ0n) is 17.7. The summed E-state index contributed by atoms with van der Waals surface area (Å²) in [4.78, 5) is 28.3. The lowest BCUT2D eigenvalue weighted by atomic mass is 10.1. The first kappa shape index (κ1) is 23.6. The maximum atomic E-state index is 12.4. The van der Waals surface area contributed by atoms with Crippen LogP contribution in [0.1, 0.15) is 30.7 Å². The van der Waals surface area contributed by atoms with E-state index in [9.17, 15) is 19.8 Å². The molecule has 0 radical (unpaired) electrons. The van der Waals surface area contributed by atoms with Gasteiger partial charge in [-0.25, -0.2) is 9.59 Å². The number of carbonyl (C=O) groups excluding carboxylic acids is 1. The molecule has 4 atom stereocenters. The number of hydrogen-bond donors (Lipinski definition) is 3. The molecule has 172 valence electrons. The third kappa shape index (κ3) is 5.80. The van der Waals surface area contributed by atoms with E-state index in [-0.39, 0.29) is 12.4 Å². The molecule has 1 aliphatic rings. The first-order valence-electron chi connectivity index (χ1n) is 10.2. The molecule has 1 aliphatic heterocycles. The minimum atomic E-state index is -1.30. The number of aliphatic hydroxyl groups is 2. The molecule has 1 aromatic heterocycles. The van der Waals surface area contributed by atoms with Gasteiger partial charge in [0.05, 0.1) is 25.9 Å². The van der Waals surface area contributed by atoms with Crippen LogP contribution in [0.5, 0.6) is 0 Å². The summed E-state index contributed by atoms with van der Waals surface area (Å²) in [7, 11) is 0. The number of anilines is 1. The molecule has 10 heteroatoms. The smallest absolute Gasteiger partial charge is 0.412 e. The Labute approximate surface area is 185 Å². The monoisotopic (exact) mass is 445 g/mol. The summed E-state index contributed by atoms with van der Waals surface area (Å²) in [5.41, 5.74) is 0.603. The van der Waals surface area contributed by atoms with Gasteiger partial charge in [-0.15, -0.1) is 0 Å². The van der Waals surface area contributed by atoms with E-state index in [1.807, 2.05) is 30.3 Å². The highest BCUT2D eigenvalue weighted by Crippen LogP contribution is 2.28. The Kier molecular flexibility index (Phi) is 8.12. The van der Waals surface area contributed by atoms with Gasteiger partial charge in [0.2, 0.25) is 0 Å². The number of nitrogens with one attached hydrogen (secondary N) is 1. The normalized spacial score (nSPS) is 22.5. The maximum absolute atomic E-state index is 12.4. The van der Waals surface area contributed by atoms with Crippen LogP contribution >= 0.6 is 0 Å². The van der Waals surface area contributed by atoms with Crippen LogP contribution in [0.25, 0.3) is 6.08 Å².